The highest BCUT2D eigenvalue weighted by Gasteiger charge is 2.34. The Balaban J connectivity index is 1.43. The van der Waals surface area contributed by atoms with Crippen LogP contribution in [-0.4, -0.2) is 41.0 Å². The van der Waals surface area contributed by atoms with Gasteiger partial charge in [-0.3, -0.25) is 4.90 Å². The third-order valence-corrected chi connectivity index (χ3v) is 5.32. The maximum Gasteiger partial charge on any atom is 0.225 e. The van der Waals surface area contributed by atoms with Crippen LogP contribution in [0.3, 0.4) is 0 Å². The molecule has 4 nitrogen and oxygen atoms in total. The van der Waals surface area contributed by atoms with Crippen LogP contribution in [0.2, 0.25) is 0 Å². The lowest BCUT2D eigenvalue weighted by atomic mass is 10.0. The minimum absolute atomic E-state index is 0.367. The van der Waals surface area contributed by atoms with E-state index in [1.165, 1.54) is 22.3 Å². The molecule has 1 aromatic heterocycles. The Bertz CT molecular complexity index is 840. The van der Waals surface area contributed by atoms with Gasteiger partial charge in [0.25, 0.3) is 0 Å². The van der Waals surface area contributed by atoms with Crippen molar-refractivity contribution in [3.63, 3.8) is 0 Å². The van der Waals surface area contributed by atoms with Crippen LogP contribution in [0.1, 0.15) is 17.2 Å². The first-order valence-electron chi connectivity index (χ1n) is 8.86. The van der Waals surface area contributed by atoms with Crippen LogP contribution in [0.15, 0.2) is 67.0 Å². The number of piperazine rings is 1. The number of nitrogens with zero attached hydrogens (tertiary/aromatic N) is 4. The van der Waals surface area contributed by atoms with Gasteiger partial charge in [0.15, 0.2) is 0 Å². The number of aromatic nitrogens is 2. The normalized spacial score (nSPS) is 17.4. The van der Waals surface area contributed by atoms with Crippen LogP contribution >= 0.6 is 0 Å². The summed E-state index contributed by atoms with van der Waals surface area (Å²) in [5, 5.41) is 0. The highest BCUT2D eigenvalue weighted by molar-refractivity contribution is 5.78. The van der Waals surface area contributed by atoms with E-state index in [0.29, 0.717) is 6.04 Å². The predicted octanol–water partition coefficient (Wildman–Crippen LogP) is 3.37. The fourth-order valence-electron chi connectivity index (χ4n) is 4.16. The number of fused-ring (bicyclic) bond motifs is 3. The van der Waals surface area contributed by atoms with Gasteiger partial charge < -0.3 is 4.90 Å². The van der Waals surface area contributed by atoms with E-state index in [4.69, 9.17) is 0 Å². The van der Waals surface area contributed by atoms with Crippen LogP contribution in [-0.2, 0) is 0 Å². The van der Waals surface area contributed by atoms with E-state index in [9.17, 15) is 0 Å². The van der Waals surface area contributed by atoms with Gasteiger partial charge in [0.05, 0.1) is 6.04 Å². The Labute approximate surface area is 147 Å². The fourth-order valence-corrected chi connectivity index (χ4v) is 4.16. The first-order chi connectivity index (χ1) is 12.4. The van der Waals surface area contributed by atoms with Gasteiger partial charge >= 0.3 is 0 Å². The molecule has 0 radical (unpaired) electrons. The summed E-state index contributed by atoms with van der Waals surface area (Å²) in [7, 11) is 0. The maximum absolute atomic E-state index is 4.39. The van der Waals surface area contributed by atoms with E-state index in [2.05, 4.69) is 68.3 Å². The molecule has 0 bridgehead atoms. The summed E-state index contributed by atoms with van der Waals surface area (Å²) in [5.41, 5.74) is 5.65. The second-order valence-corrected chi connectivity index (χ2v) is 6.65. The molecule has 2 aliphatic rings. The van der Waals surface area contributed by atoms with Crippen molar-refractivity contribution < 1.29 is 0 Å². The molecule has 1 fully saturated rings. The molecule has 0 amide bonds. The minimum atomic E-state index is 0.367. The van der Waals surface area contributed by atoms with Crippen molar-refractivity contribution in [3.05, 3.63) is 78.1 Å². The monoisotopic (exact) mass is 328 g/mol. The zero-order valence-corrected chi connectivity index (χ0v) is 14.0. The number of anilines is 1. The van der Waals surface area contributed by atoms with E-state index in [-0.39, 0.29) is 0 Å². The third kappa shape index (κ3) is 2.41. The van der Waals surface area contributed by atoms with E-state index in [1.807, 2.05) is 18.5 Å². The fraction of sp³-hybridized carbons (Fsp3) is 0.238. The van der Waals surface area contributed by atoms with Crippen molar-refractivity contribution in [1.29, 1.82) is 0 Å². The summed E-state index contributed by atoms with van der Waals surface area (Å²) < 4.78 is 0. The van der Waals surface area contributed by atoms with Gasteiger partial charge in [0.1, 0.15) is 0 Å². The minimum Gasteiger partial charge on any atom is -0.338 e. The molecule has 0 saturated carbocycles. The van der Waals surface area contributed by atoms with Gasteiger partial charge in [-0.1, -0.05) is 48.5 Å². The molecular weight excluding hydrogens is 308 g/mol. The van der Waals surface area contributed by atoms with Crippen molar-refractivity contribution in [1.82, 2.24) is 14.9 Å². The third-order valence-electron chi connectivity index (χ3n) is 5.32. The van der Waals surface area contributed by atoms with Gasteiger partial charge in [-0.2, -0.15) is 0 Å². The lowest BCUT2D eigenvalue weighted by molar-refractivity contribution is 0.214. The molecule has 0 spiro atoms. The second kappa shape index (κ2) is 5.97. The first kappa shape index (κ1) is 14.6. The largest absolute Gasteiger partial charge is 0.338 e. The van der Waals surface area contributed by atoms with Gasteiger partial charge in [0, 0.05) is 38.6 Å². The van der Waals surface area contributed by atoms with Crippen molar-refractivity contribution in [2.75, 3.05) is 31.1 Å². The summed E-state index contributed by atoms with van der Waals surface area (Å²) in [5.74, 6) is 0.842. The molecule has 0 unspecified atom stereocenters. The van der Waals surface area contributed by atoms with Crippen LogP contribution in [0.25, 0.3) is 11.1 Å². The Hall–Kier alpha value is -2.72. The molecule has 3 aromatic rings. The van der Waals surface area contributed by atoms with Gasteiger partial charge in [-0.25, -0.2) is 9.97 Å². The molecule has 1 saturated heterocycles. The Morgan fingerprint density at radius 1 is 0.680 bits per heavy atom. The highest BCUT2D eigenvalue weighted by atomic mass is 15.3. The number of benzene rings is 2. The smallest absolute Gasteiger partial charge is 0.225 e. The number of rotatable bonds is 2. The van der Waals surface area contributed by atoms with E-state index in [0.717, 1.165) is 32.1 Å². The standard InChI is InChI=1S/C21H20N4/c1-3-8-18-16(6-1)17-7-2-4-9-19(17)20(18)24-12-14-25(15-13-24)21-22-10-5-11-23-21/h1-11,20H,12-15H2. The summed E-state index contributed by atoms with van der Waals surface area (Å²) in [6.45, 7) is 3.97. The average molecular weight is 328 g/mol. The van der Waals surface area contributed by atoms with Gasteiger partial charge in [-0.15, -0.1) is 0 Å². The van der Waals surface area contributed by atoms with Gasteiger partial charge in [0.2, 0.25) is 5.95 Å². The van der Waals surface area contributed by atoms with E-state index >= 15 is 0 Å². The molecule has 2 heterocycles. The van der Waals surface area contributed by atoms with Crippen molar-refractivity contribution in [2.24, 2.45) is 0 Å². The number of hydrogen-bond donors (Lipinski definition) is 0. The zero-order chi connectivity index (χ0) is 16.6. The zero-order valence-electron chi connectivity index (χ0n) is 14.0. The molecule has 1 aliphatic carbocycles. The predicted molar refractivity (Wildman–Crippen MR) is 99.5 cm³/mol. The topological polar surface area (TPSA) is 32.3 Å². The van der Waals surface area contributed by atoms with Crippen molar-refractivity contribution in [3.8, 4) is 11.1 Å². The van der Waals surface area contributed by atoms with Crippen LogP contribution < -0.4 is 4.90 Å². The summed E-state index contributed by atoms with van der Waals surface area (Å²) >= 11 is 0. The lowest BCUT2D eigenvalue weighted by Crippen LogP contribution is -2.48. The molecule has 4 heteroatoms. The van der Waals surface area contributed by atoms with E-state index < -0.39 is 0 Å². The molecule has 0 N–H and O–H groups in total. The van der Waals surface area contributed by atoms with Crippen molar-refractivity contribution in [2.45, 2.75) is 6.04 Å². The molecule has 0 atom stereocenters. The van der Waals surface area contributed by atoms with Crippen LogP contribution in [0.5, 0.6) is 0 Å². The first-order valence-corrected chi connectivity index (χ1v) is 8.86. The Morgan fingerprint density at radius 2 is 1.24 bits per heavy atom. The summed E-state index contributed by atoms with van der Waals surface area (Å²) in [6, 6.07) is 19.9. The molecule has 25 heavy (non-hydrogen) atoms. The van der Waals surface area contributed by atoms with E-state index in [1.54, 1.807) is 0 Å². The second-order valence-electron chi connectivity index (χ2n) is 6.65. The average Bonchev–Trinajstić information content (AvgIpc) is 3.03. The van der Waals surface area contributed by atoms with Crippen LogP contribution in [0.4, 0.5) is 5.95 Å². The van der Waals surface area contributed by atoms with Crippen molar-refractivity contribution >= 4 is 5.95 Å². The molecule has 1 aliphatic heterocycles. The Kier molecular flexibility index (Phi) is 3.49. The quantitative estimate of drug-likeness (QED) is 0.722. The molecular formula is C21H20N4. The Morgan fingerprint density at radius 3 is 1.84 bits per heavy atom. The summed E-state index contributed by atoms with van der Waals surface area (Å²) in [4.78, 5) is 13.7. The highest BCUT2D eigenvalue weighted by Crippen LogP contribution is 2.46. The lowest BCUT2D eigenvalue weighted by Gasteiger charge is -2.38. The van der Waals surface area contributed by atoms with Gasteiger partial charge in [-0.05, 0) is 28.3 Å². The maximum atomic E-state index is 4.39. The summed E-state index contributed by atoms with van der Waals surface area (Å²) in [6.07, 6.45) is 3.64. The number of hydrogen-bond acceptors (Lipinski definition) is 4. The molecule has 124 valence electrons. The SMILES string of the molecule is c1cnc(N2CCN(C3c4ccccc4-c4ccccc43)CC2)nc1. The van der Waals surface area contributed by atoms with Crippen LogP contribution in [0, 0.1) is 0 Å². The molecule has 2 aromatic carbocycles. The molecule has 5 rings (SSSR count).